The molecule has 114 valence electrons. The summed E-state index contributed by atoms with van der Waals surface area (Å²) in [6.07, 6.45) is 15.1. The Labute approximate surface area is 128 Å². The molecule has 20 heavy (non-hydrogen) atoms. The third-order valence-corrected chi connectivity index (χ3v) is 4.01. The molecular weight excluding hydrogens is 270 g/mol. The molecule has 4 heteroatoms. The van der Waals surface area contributed by atoms with Gasteiger partial charge in [0.25, 0.3) is 11.8 Å². The highest BCUT2D eigenvalue weighted by Gasteiger charge is 2.21. The van der Waals surface area contributed by atoms with Crippen LogP contribution in [0.1, 0.15) is 64.2 Å². The van der Waals surface area contributed by atoms with Crippen molar-refractivity contribution in [1.82, 2.24) is 4.90 Å². The number of thiol groups is 1. The Morgan fingerprint density at radius 1 is 0.700 bits per heavy atom. The summed E-state index contributed by atoms with van der Waals surface area (Å²) < 4.78 is 0. The van der Waals surface area contributed by atoms with E-state index >= 15 is 0 Å². The molecule has 0 aromatic carbocycles. The highest BCUT2D eigenvalue weighted by molar-refractivity contribution is 7.80. The van der Waals surface area contributed by atoms with Gasteiger partial charge in [-0.1, -0.05) is 51.4 Å². The van der Waals surface area contributed by atoms with Crippen molar-refractivity contribution in [2.45, 2.75) is 64.2 Å². The molecule has 1 heterocycles. The van der Waals surface area contributed by atoms with Crippen molar-refractivity contribution in [1.29, 1.82) is 0 Å². The van der Waals surface area contributed by atoms with Gasteiger partial charge in [0, 0.05) is 18.7 Å². The number of nitrogens with zero attached hydrogens (tertiary/aromatic N) is 1. The number of rotatable bonds is 12. The van der Waals surface area contributed by atoms with Gasteiger partial charge in [0.2, 0.25) is 0 Å². The minimum atomic E-state index is -0.156. The van der Waals surface area contributed by atoms with Gasteiger partial charge in [0.05, 0.1) is 0 Å². The number of imide groups is 1. The largest absolute Gasteiger partial charge is 0.275 e. The third kappa shape index (κ3) is 7.13. The molecule has 2 amide bonds. The summed E-state index contributed by atoms with van der Waals surface area (Å²) in [5.74, 6) is 0.699. The molecule has 0 atom stereocenters. The molecule has 0 aliphatic carbocycles. The lowest BCUT2D eigenvalue weighted by atomic mass is 10.1. The monoisotopic (exact) mass is 297 g/mol. The lowest BCUT2D eigenvalue weighted by Crippen LogP contribution is -2.30. The molecule has 3 nitrogen and oxygen atoms in total. The molecule has 1 aliphatic rings. The number of carbonyl (C=O) groups excluding carboxylic acids is 2. The van der Waals surface area contributed by atoms with Crippen LogP contribution < -0.4 is 0 Å². The summed E-state index contributed by atoms with van der Waals surface area (Å²) in [7, 11) is 0. The predicted molar refractivity (Wildman–Crippen MR) is 85.9 cm³/mol. The van der Waals surface area contributed by atoms with Gasteiger partial charge in [-0.25, -0.2) is 0 Å². The van der Waals surface area contributed by atoms with Crippen LogP contribution in [-0.2, 0) is 9.59 Å². The topological polar surface area (TPSA) is 37.4 Å². The quantitative estimate of drug-likeness (QED) is 0.338. The van der Waals surface area contributed by atoms with Crippen molar-refractivity contribution < 1.29 is 9.59 Å². The Morgan fingerprint density at radius 2 is 1.10 bits per heavy atom. The van der Waals surface area contributed by atoms with E-state index in [2.05, 4.69) is 12.6 Å². The Morgan fingerprint density at radius 3 is 1.55 bits per heavy atom. The van der Waals surface area contributed by atoms with Crippen LogP contribution in [0, 0.1) is 0 Å². The average Bonchev–Trinajstić information content (AvgIpc) is 2.76. The van der Waals surface area contributed by atoms with Gasteiger partial charge >= 0.3 is 0 Å². The highest BCUT2D eigenvalue weighted by atomic mass is 32.1. The van der Waals surface area contributed by atoms with Gasteiger partial charge in [0.1, 0.15) is 0 Å². The van der Waals surface area contributed by atoms with Gasteiger partial charge in [-0.2, -0.15) is 12.6 Å². The SMILES string of the molecule is O=C1C=CC(=O)N1CCCCCCCCCCCCS. The number of amides is 2. The van der Waals surface area contributed by atoms with Crippen molar-refractivity contribution >= 4 is 24.4 Å². The standard InChI is InChI=1S/C16H27NO2S/c18-15-11-12-16(19)17(15)13-9-7-5-3-1-2-4-6-8-10-14-20/h11-12,20H,1-10,13-14H2. The summed E-state index contributed by atoms with van der Waals surface area (Å²) in [4.78, 5) is 24.0. The van der Waals surface area contributed by atoms with Crippen LogP contribution in [0.15, 0.2) is 12.2 Å². The lowest BCUT2D eigenvalue weighted by molar-refractivity contribution is -0.136. The zero-order chi connectivity index (χ0) is 14.6. The first-order valence-electron chi connectivity index (χ1n) is 7.90. The summed E-state index contributed by atoms with van der Waals surface area (Å²) in [6, 6.07) is 0. The van der Waals surface area contributed by atoms with Crippen LogP contribution in [0.3, 0.4) is 0 Å². The second-order valence-corrected chi connectivity index (χ2v) is 5.87. The first-order chi connectivity index (χ1) is 9.75. The first kappa shape index (κ1) is 17.3. The number of carbonyl (C=O) groups is 2. The molecular formula is C16H27NO2S. The molecule has 0 aromatic heterocycles. The molecule has 0 N–H and O–H groups in total. The van der Waals surface area contributed by atoms with Crippen LogP contribution in [-0.4, -0.2) is 29.0 Å². The van der Waals surface area contributed by atoms with Crippen molar-refractivity contribution in [3.8, 4) is 0 Å². The van der Waals surface area contributed by atoms with E-state index in [0.717, 1.165) is 18.6 Å². The number of hydrogen-bond acceptors (Lipinski definition) is 3. The van der Waals surface area contributed by atoms with E-state index in [1.165, 1.54) is 68.4 Å². The Kier molecular flexibility index (Phi) is 9.46. The van der Waals surface area contributed by atoms with E-state index in [4.69, 9.17) is 0 Å². The lowest BCUT2D eigenvalue weighted by Gasteiger charge is -2.12. The fraction of sp³-hybridized carbons (Fsp3) is 0.750. The van der Waals surface area contributed by atoms with E-state index in [0.29, 0.717) is 6.54 Å². The molecule has 1 rings (SSSR count). The van der Waals surface area contributed by atoms with E-state index in [1.807, 2.05) is 0 Å². The normalized spacial score (nSPS) is 14.6. The summed E-state index contributed by atoms with van der Waals surface area (Å²) in [5.41, 5.74) is 0. The van der Waals surface area contributed by atoms with Crippen LogP contribution >= 0.6 is 12.6 Å². The minimum absolute atomic E-state index is 0.156. The second-order valence-electron chi connectivity index (χ2n) is 5.42. The summed E-state index contributed by atoms with van der Waals surface area (Å²) in [6.45, 7) is 0.578. The smallest absolute Gasteiger partial charge is 0.253 e. The maximum atomic E-state index is 11.3. The summed E-state index contributed by atoms with van der Waals surface area (Å²) in [5, 5.41) is 0. The number of hydrogen-bond donors (Lipinski definition) is 1. The zero-order valence-electron chi connectivity index (χ0n) is 12.4. The van der Waals surface area contributed by atoms with Crippen molar-refractivity contribution in [2.75, 3.05) is 12.3 Å². The fourth-order valence-corrected chi connectivity index (χ4v) is 2.67. The van der Waals surface area contributed by atoms with Crippen molar-refractivity contribution in [3.63, 3.8) is 0 Å². The van der Waals surface area contributed by atoms with Crippen LogP contribution in [0.2, 0.25) is 0 Å². The molecule has 0 saturated carbocycles. The van der Waals surface area contributed by atoms with Crippen LogP contribution in [0.5, 0.6) is 0 Å². The van der Waals surface area contributed by atoms with E-state index in [-0.39, 0.29) is 11.8 Å². The molecule has 0 spiro atoms. The Balaban J connectivity index is 1.83. The maximum Gasteiger partial charge on any atom is 0.253 e. The first-order valence-corrected chi connectivity index (χ1v) is 8.53. The molecule has 0 aromatic rings. The average molecular weight is 297 g/mol. The Bertz CT molecular complexity index is 310. The van der Waals surface area contributed by atoms with Gasteiger partial charge in [-0.05, 0) is 18.6 Å². The van der Waals surface area contributed by atoms with Crippen LogP contribution in [0.4, 0.5) is 0 Å². The maximum absolute atomic E-state index is 11.3. The third-order valence-electron chi connectivity index (χ3n) is 3.69. The predicted octanol–water partition coefficient (Wildman–Crippen LogP) is 3.74. The minimum Gasteiger partial charge on any atom is -0.275 e. The van der Waals surface area contributed by atoms with E-state index in [1.54, 1.807) is 0 Å². The molecule has 1 aliphatic heterocycles. The van der Waals surface area contributed by atoms with Gasteiger partial charge in [-0.15, -0.1) is 0 Å². The number of unbranched alkanes of at least 4 members (excludes halogenated alkanes) is 9. The van der Waals surface area contributed by atoms with Gasteiger partial charge in [0.15, 0.2) is 0 Å². The highest BCUT2D eigenvalue weighted by Crippen LogP contribution is 2.12. The fourth-order valence-electron chi connectivity index (χ4n) is 2.45. The second kappa shape index (κ2) is 11.0. The van der Waals surface area contributed by atoms with Crippen LogP contribution in [0.25, 0.3) is 0 Å². The zero-order valence-corrected chi connectivity index (χ0v) is 13.2. The molecule has 0 saturated heterocycles. The van der Waals surface area contributed by atoms with E-state index < -0.39 is 0 Å². The van der Waals surface area contributed by atoms with E-state index in [9.17, 15) is 9.59 Å². The molecule has 0 fully saturated rings. The molecule has 0 unspecified atom stereocenters. The van der Waals surface area contributed by atoms with Gasteiger partial charge in [-0.3, -0.25) is 14.5 Å². The van der Waals surface area contributed by atoms with Gasteiger partial charge < -0.3 is 0 Å². The van der Waals surface area contributed by atoms with Crippen molar-refractivity contribution in [3.05, 3.63) is 12.2 Å². The van der Waals surface area contributed by atoms with Crippen molar-refractivity contribution in [2.24, 2.45) is 0 Å². The molecule has 0 bridgehead atoms. The Hall–Kier alpha value is -0.770. The summed E-state index contributed by atoms with van der Waals surface area (Å²) >= 11 is 4.21. The molecule has 0 radical (unpaired) electrons.